The van der Waals surface area contributed by atoms with E-state index in [4.69, 9.17) is 0 Å². The van der Waals surface area contributed by atoms with Crippen molar-refractivity contribution >= 4 is 0 Å². The molecule has 2 N–H and O–H groups in total. The third-order valence-corrected chi connectivity index (χ3v) is 9.77. The Balaban J connectivity index is 0.000000300. The SMILES string of the molecule is CC(C)(C)N1[C]N(CC(O)(CN2[C]N(C(C)(C)C)C=C2)c2ccccc2)C=C1.CC(C)(C)N1[C]N(CC(O)(CN2[C]N(C(C)(C)C)C=C2)c2ccccc2)C=C1.[Cu].[Cu]. The van der Waals surface area contributed by atoms with Crippen LogP contribution in [-0.2, 0) is 45.3 Å². The summed E-state index contributed by atoms with van der Waals surface area (Å²) in [6.07, 6.45) is 15.9. The van der Waals surface area contributed by atoms with Gasteiger partial charge in [0.25, 0.3) is 0 Å². The Morgan fingerprint density at radius 2 is 0.569 bits per heavy atom. The average Bonchev–Trinajstić information content (AvgIpc) is 3.93. The number of aliphatic hydroxyl groups is 2. The minimum absolute atomic E-state index is 0. The van der Waals surface area contributed by atoms with E-state index in [0.717, 1.165) is 11.1 Å². The van der Waals surface area contributed by atoms with Crippen molar-refractivity contribution in [3.05, 3.63) is 148 Å². The molecule has 2 aromatic rings. The van der Waals surface area contributed by atoms with Crippen molar-refractivity contribution < 1.29 is 44.4 Å². The summed E-state index contributed by atoms with van der Waals surface area (Å²) in [7, 11) is 0. The van der Waals surface area contributed by atoms with Crippen LogP contribution in [0.15, 0.2) is 110 Å². The van der Waals surface area contributed by atoms with E-state index in [-0.39, 0.29) is 56.3 Å². The zero-order valence-electron chi connectivity index (χ0n) is 36.3. The first kappa shape index (κ1) is 49.1. The van der Waals surface area contributed by atoms with Gasteiger partial charge in [0.15, 0.2) is 0 Å². The average molecular weight is 888 g/mol. The van der Waals surface area contributed by atoms with Crippen LogP contribution in [0.3, 0.4) is 0 Å². The number of rotatable bonds is 10. The van der Waals surface area contributed by atoms with Crippen molar-refractivity contribution in [2.45, 2.75) is 116 Å². The molecule has 0 bridgehead atoms. The number of hydrogen-bond donors (Lipinski definition) is 2. The molecule has 12 heteroatoms. The molecule has 10 radical (unpaired) electrons. The van der Waals surface area contributed by atoms with Gasteiger partial charge in [-0.25, -0.2) is 0 Å². The van der Waals surface area contributed by atoms with Crippen LogP contribution in [0, 0.1) is 26.7 Å². The Hall–Kier alpha value is -3.24. The van der Waals surface area contributed by atoms with Gasteiger partial charge >= 0.3 is 0 Å². The number of nitrogens with zero attached hydrogens (tertiary/aromatic N) is 8. The second kappa shape index (κ2) is 19.0. The van der Waals surface area contributed by atoms with Crippen LogP contribution in [0.5, 0.6) is 0 Å². The maximum atomic E-state index is 11.7. The Labute approximate surface area is 372 Å². The molecular formula is C46H64Cu2N8O2. The third kappa shape index (κ3) is 12.9. The molecule has 0 aliphatic carbocycles. The van der Waals surface area contributed by atoms with E-state index in [9.17, 15) is 10.2 Å². The van der Waals surface area contributed by atoms with Gasteiger partial charge in [-0.05, 0) is 94.2 Å². The second-order valence-corrected chi connectivity index (χ2v) is 19.1. The Morgan fingerprint density at radius 3 is 0.741 bits per heavy atom. The Bertz CT molecular complexity index is 1490. The summed E-state index contributed by atoms with van der Waals surface area (Å²) in [6, 6.07) is 19.7. The first-order valence-corrected chi connectivity index (χ1v) is 19.5. The van der Waals surface area contributed by atoms with Gasteiger partial charge in [-0.2, -0.15) is 0 Å². The first-order chi connectivity index (χ1) is 25.9. The molecule has 0 saturated carbocycles. The van der Waals surface area contributed by atoms with Gasteiger partial charge in [-0.15, -0.1) is 0 Å². The van der Waals surface area contributed by atoms with Crippen molar-refractivity contribution in [3.8, 4) is 0 Å². The van der Waals surface area contributed by atoms with E-state index in [1.54, 1.807) is 0 Å². The van der Waals surface area contributed by atoms with E-state index >= 15 is 0 Å². The van der Waals surface area contributed by atoms with Crippen molar-refractivity contribution in [2.75, 3.05) is 26.2 Å². The molecule has 0 atom stereocenters. The van der Waals surface area contributed by atoms with Crippen molar-refractivity contribution in [3.63, 3.8) is 0 Å². The molecule has 0 saturated heterocycles. The van der Waals surface area contributed by atoms with Crippen molar-refractivity contribution in [1.82, 2.24) is 39.2 Å². The van der Waals surface area contributed by atoms with Crippen LogP contribution in [0.2, 0.25) is 0 Å². The summed E-state index contributed by atoms with van der Waals surface area (Å²) >= 11 is 0. The minimum Gasteiger partial charge on any atom is -0.381 e. The molecular weight excluding hydrogens is 824 g/mol. The Morgan fingerprint density at radius 1 is 0.362 bits per heavy atom. The normalized spacial score (nSPS) is 17.3. The van der Waals surface area contributed by atoms with Gasteiger partial charge in [-0.1, -0.05) is 60.7 Å². The third-order valence-electron chi connectivity index (χ3n) is 9.77. The fourth-order valence-electron chi connectivity index (χ4n) is 6.34. The molecule has 0 aromatic heterocycles. The second-order valence-electron chi connectivity index (χ2n) is 19.1. The predicted molar refractivity (Wildman–Crippen MR) is 223 cm³/mol. The maximum Gasteiger partial charge on any atom is 0.208 e. The Kier molecular flexibility index (Phi) is 16.1. The van der Waals surface area contributed by atoms with Crippen LogP contribution >= 0.6 is 0 Å². The summed E-state index contributed by atoms with van der Waals surface area (Å²) < 4.78 is 0. The molecule has 0 fully saturated rings. The summed E-state index contributed by atoms with van der Waals surface area (Å²) in [4.78, 5) is 15.9. The smallest absolute Gasteiger partial charge is 0.208 e. The van der Waals surface area contributed by atoms with Crippen LogP contribution in [0.25, 0.3) is 0 Å². The summed E-state index contributed by atoms with van der Waals surface area (Å²) in [5.74, 6) is 0. The molecule has 0 spiro atoms. The first-order valence-electron chi connectivity index (χ1n) is 19.5. The largest absolute Gasteiger partial charge is 0.381 e. The molecule has 0 amide bonds. The number of hydrogen-bond acceptors (Lipinski definition) is 10. The van der Waals surface area contributed by atoms with Gasteiger partial charge in [0.2, 0.25) is 26.7 Å². The van der Waals surface area contributed by atoms with E-state index < -0.39 is 11.2 Å². The number of benzene rings is 2. The fourth-order valence-corrected chi connectivity index (χ4v) is 6.34. The van der Waals surface area contributed by atoms with Gasteiger partial charge in [0.05, 0.1) is 26.2 Å². The summed E-state index contributed by atoms with van der Waals surface area (Å²) in [5.41, 5.74) is -0.626. The van der Waals surface area contributed by atoms with Crippen LogP contribution in [0.4, 0.5) is 0 Å². The molecule has 0 unspecified atom stereocenters. The molecule has 4 heterocycles. The van der Waals surface area contributed by atoms with Gasteiger partial charge in [0, 0.05) is 106 Å². The van der Waals surface area contributed by atoms with Crippen molar-refractivity contribution in [2.24, 2.45) is 0 Å². The molecule has 10 nitrogen and oxygen atoms in total. The maximum absolute atomic E-state index is 11.7. The summed E-state index contributed by atoms with van der Waals surface area (Å²) in [6.45, 7) is 40.6. The van der Waals surface area contributed by atoms with E-state index in [1.807, 2.05) is 149 Å². The van der Waals surface area contributed by atoms with E-state index in [0.29, 0.717) is 26.2 Å². The minimum atomic E-state index is -1.09. The molecule has 4 aliphatic heterocycles. The predicted octanol–water partition coefficient (Wildman–Crippen LogP) is 7.28. The molecule has 4 aliphatic rings. The molecule has 2 aromatic carbocycles. The fraction of sp³-hybridized carbons (Fsp3) is 0.478. The molecule has 58 heavy (non-hydrogen) atoms. The number of β-amino-alcohol motifs (C(OH)–C–C–N with tert-alkyl or cyclic N) is 2. The zero-order valence-corrected chi connectivity index (χ0v) is 38.2. The standard InChI is InChI=1S/2C23H32N4O.2Cu/c2*1-21(2,3)26-14-12-24(18-26)16-23(28,20-10-8-7-9-11-20)17-25-13-15-27(19-25)22(4,5)6;;/h2*7-15,28H,16-17H2,1-6H3;;. The van der Waals surface area contributed by atoms with E-state index in [1.165, 1.54) is 0 Å². The van der Waals surface area contributed by atoms with Crippen LogP contribution < -0.4 is 0 Å². The van der Waals surface area contributed by atoms with Crippen LogP contribution in [0.1, 0.15) is 94.2 Å². The molecule has 322 valence electrons. The van der Waals surface area contributed by atoms with Crippen molar-refractivity contribution in [1.29, 1.82) is 0 Å². The topological polar surface area (TPSA) is 66.4 Å². The van der Waals surface area contributed by atoms with Gasteiger partial charge in [-0.3, -0.25) is 0 Å². The van der Waals surface area contributed by atoms with E-state index in [2.05, 4.69) is 110 Å². The molecule has 6 rings (SSSR count). The van der Waals surface area contributed by atoms with Gasteiger partial charge < -0.3 is 49.4 Å². The monoisotopic (exact) mass is 886 g/mol. The quantitative estimate of drug-likeness (QED) is 0.238. The summed E-state index contributed by atoms with van der Waals surface area (Å²) in [5, 5.41) is 23.4. The zero-order chi connectivity index (χ0) is 41.2. The van der Waals surface area contributed by atoms with Gasteiger partial charge in [0.1, 0.15) is 11.2 Å². The van der Waals surface area contributed by atoms with Crippen LogP contribution in [-0.4, -0.2) is 97.7 Å².